The van der Waals surface area contributed by atoms with E-state index in [4.69, 9.17) is 0 Å². The summed E-state index contributed by atoms with van der Waals surface area (Å²) in [6, 6.07) is 2.21. The van der Waals surface area contributed by atoms with Crippen molar-refractivity contribution in [1.29, 1.82) is 0 Å². The van der Waals surface area contributed by atoms with Gasteiger partial charge in [0.05, 0.1) is 17.9 Å². The van der Waals surface area contributed by atoms with Crippen LogP contribution in [0.4, 0.5) is 4.79 Å². The van der Waals surface area contributed by atoms with Gasteiger partial charge in [0.25, 0.3) is 0 Å². The van der Waals surface area contributed by atoms with Crippen LogP contribution in [0.5, 0.6) is 0 Å². The zero-order valence-electron chi connectivity index (χ0n) is 14.3. The van der Waals surface area contributed by atoms with Gasteiger partial charge in [0.15, 0.2) is 0 Å². The normalized spacial score (nSPS) is 22.6. The summed E-state index contributed by atoms with van der Waals surface area (Å²) in [6.07, 6.45) is 6.63. The summed E-state index contributed by atoms with van der Waals surface area (Å²) in [5.74, 6) is 0.885. The molecule has 23 heavy (non-hydrogen) atoms. The highest BCUT2D eigenvalue weighted by molar-refractivity contribution is 5.74. The number of carbonyl (C=O) groups is 1. The maximum atomic E-state index is 12.1. The number of urea groups is 1. The fourth-order valence-electron chi connectivity index (χ4n) is 3.91. The number of nitrogens with zero attached hydrogens (tertiary/aromatic N) is 3. The maximum absolute atomic E-state index is 12.1. The van der Waals surface area contributed by atoms with E-state index in [0.717, 1.165) is 36.8 Å². The van der Waals surface area contributed by atoms with Gasteiger partial charge in [-0.05, 0) is 38.2 Å². The number of likely N-dealkylation sites (tertiary alicyclic amines) is 1. The first-order chi connectivity index (χ1) is 11.1. The smallest absolute Gasteiger partial charge is 0.315 e. The third-order valence-corrected chi connectivity index (χ3v) is 5.13. The van der Waals surface area contributed by atoms with Crippen molar-refractivity contribution < 1.29 is 4.79 Å². The number of aromatic nitrogens is 2. The Kier molecular flexibility index (Phi) is 5.20. The Morgan fingerprint density at radius 2 is 2.13 bits per heavy atom. The molecule has 1 atom stereocenters. The van der Waals surface area contributed by atoms with Gasteiger partial charge in [-0.2, -0.15) is 5.10 Å². The van der Waals surface area contributed by atoms with Crippen LogP contribution in [0.2, 0.25) is 0 Å². The summed E-state index contributed by atoms with van der Waals surface area (Å²) < 4.78 is 1.81. The molecule has 1 aliphatic carbocycles. The van der Waals surface area contributed by atoms with Gasteiger partial charge >= 0.3 is 6.03 Å². The zero-order chi connectivity index (χ0) is 16.2. The average Bonchev–Trinajstić information content (AvgIpc) is 3.21. The molecule has 1 saturated carbocycles. The van der Waals surface area contributed by atoms with Crippen molar-refractivity contribution in [2.75, 3.05) is 19.6 Å². The largest absolute Gasteiger partial charge is 0.334 e. The van der Waals surface area contributed by atoms with Crippen molar-refractivity contribution in [3.63, 3.8) is 0 Å². The van der Waals surface area contributed by atoms with Crippen LogP contribution in [-0.2, 0) is 13.6 Å². The molecule has 6 nitrogen and oxygen atoms in total. The molecule has 0 aromatic carbocycles. The molecule has 1 aromatic heterocycles. The third-order valence-electron chi connectivity index (χ3n) is 5.13. The molecule has 0 bridgehead atoms. The molecular weight excluding hydrogens is 290 g/mol. The molecule has 128 valence electrons. The predicted octanol–water partition coefficient (Wildman–Crippen LogP) is 1.79. The quantitative estimate of drug-likeness (QED) is 0.870. The van der Waals surface area contributed by atoms with Gasteiger partial charge in [0.2, 0.25) is 0 Å². The zero-order valence-corrected chi connectivity index (χ0v) is 14.3. The van der Waals surface area contributed by atoms with Gasteiger partial charge in [-0.15, -0.1) is 0 Å². The van der Waals surface area contributed by atoms with Crippen LogP contribution in [0.1, 0.15) is 43.5 Å². The molecular formula is C17H29N5O. The minimum atomic E-state index is -0.0726. The number of aryl methyl sites for hydroxylation is 2. The SMILES string of the molecule is Cc1cc(CNC(=O)NC2CCN(CC3CCCC3)C2)n(C)n1. The van der Waals surface area contributed by atoms with Crippen LogP contribution in [0.15, 0.2) is 6.07 Å². The second kappa shape index (κ2) is 7.34. The van der Waals surface area contributed by atoms with Gasteiger partial charge in [0, 0.05) is 32.7 Å². The molecule has 2 heterocycles. The van der Waals surface area contributed by atoms with Gasteiger partial charge in [-0.25, -0.2) is 4.79 Å². The highest BCUT2D eigenvalue weighted by Crippen LogP contribution is 2.26. The summed E-state index contributed by atoms with van der Waals surface area (Å²) >= 11 is 0. The van der Waals surface area contributed by atoms with Gasteiger partial charge in [-0.1, -0.05) is 12.8 Å². The minimum Gasteiger partial charge on any atom is -0.334 e. The van der Waals surface area contributed by atoms with E-state index in [9.17, 15) is 4.79 Å². The van der Waals surface area contributed by atoms with Crippen molar-refractivity contribution >= 4 is 6.03 Å². The van der Waals surface area contributed by atoms with E-state index >= 15 is 0 Å². The molecule has 2 N–H and O–H groups in total. The number of amides is 2. The van der Waals surface area contributed by atoms with Crippen molar-refractivity contribution in [2.45, 2.75) is 51.6 Å². The van der Waals surface area contributed by atoms with Gasteiger partial charge < -0.3 is 15.5 Å². The fourth-order valence-corrected chi connectivity index (χ4v) is 3.91. The maximum Gasteiger partial charge on any atom is 0.315 e. The lowest BCUT2D eigenvalue weighted by atomic mass is 10.1. The van der Waals surface area contributed by atoms with Crippen molar-refractivity contribution in [2.24, 2.45) is 13.0 Å². The summed E-state index contributed by atoms with van der Waals surface area (Å²) in [6.45, 7) is 5.80. The van der Waals surface area contributed by atoms with Crippen LogP contribution in [-0.4, -0.2) is 46.4 Å². The van der Waals surface area contributed by atoms with Crippen LogP contribution in [0, 0.1) is 12.8 Å². The van der Waals surface area contributed by atoms with Gasteiger partial charge in [-0.3, -0.25) is 4.68 Å². The Morgan fingerprint density at radius 3 is 2.83 bits per heavy atom. The van der Waals surface area contributed by atoms with E-state index in [0.29, 0.717) is 6.54 Å². The molecule has 2 fully saturated rings. The van der Waals surface area contributed by atoms with Crippen LogP contribution in [0.25, 0.3) is 0 Å². The second-order valence-electron chi connectivity index (χ2n) is 7.12. The lowest BCUT2D eigenvalue weighted by molar-refractivity contribution is 0.234. The Morgan fingerprint density at radius 1 is 1.35 bits per heavy atom. The van der Waals surface area contributed by atoms with E-state index in [1.54, 1.807) is 0 Å². The molecule has 2 aliphatic rings. The Hall–Kier alpha value is -1.56. The summed E-state index contributed by atoms with van der Waals surface area (Å²) in [4.78, 5) is 14.6. The molecule has 6 heteroatoms. The average molecular weight is 319 g/mol. The predicted molar refractivity (Wildman–Crippen MR) is 90.1 cm³/mol. The first-order valence-corrected chi connectivity index (χ1v) is 8.86. The van der Waals surface area contributed by atoms with Crippen LogP contribution in [0.3, 0.4) is 0 Å². The lowest BCUT2D eigenvalue weighted by Crippen LogP contribution is -2.43. The van der Waals surface area contributed by atoms with E-state index in [1.165, 1.54) is 32.2 Å². The van der Waals surface area contributed by atoms with Crippen molar-refractivity contribution in [3.8, 4) is 0 Å². The van der Waals surface area contributed by atoms with E-state index < -0.39 is 0 Å². The van der Waals surface area contributed by atoms with E-state index in [2.05, 4.69) is 20.6 Å². The van der Waals surface area contributed by atoms with Crippen molar-refractivity contribution in [1.82, 2.24) is 25.3 Å². The first-order valence-electron chi connectivity index (χ1n) is 8.86. The Labute approximate surface area is 138 Å². The first kappa shape index (κ1) is 16.3. The molecule has 3 rings (SSSR count). The van der Waals surface area contributed by atoms with Crippen LogP contribution >= 0.6 is 0 Å². The topological polar surface area (TPSA) is 62.2 Å². The van der Waals surface area contributed by atoms with Gasteiger partial charge in [0.1, 0.15) is 0 Å². The standard InChI is InChI=1S/C17H29N5O/c1-13-9-16(21(2)20-13)10-18-17(23)19-15-7-8-22(12-15)11-14-5-3-4-6-14/h9,14-15H,3-8,10-12H2,1-2H3,(H2,18,19,23). The van der Waals surface area contributed by atoms with E-state index in [1.807, 2.05) is 24.7 Å². The highest BCUT2D eigenvalue weighted by atomic mass is 16.2. The molecule has 1 saturated heterocycles. The molecule has 1 unspecified atom stereocenters. The number of nitrogens with one attached hydrogen (secondary N) is 2. The molecule has 0 spiro atoms. The highest BCUT2D eigenvalue weighted by Gasteiger charge is 2.26. The van der Waals surface area contributed by atoms with E-state index in [-0.39, 0.29) is 12.1 Å². The number of hydrogen-bond donors (Lipinski definition) is 2. The third kappa shape index (κ3) is 4.47. The Bertz CT molecular complexity index is 535. The summed E-state index contributed by atoms with van der Waals surface area (Å²) in [7, 11) is 1.90. The Balaban J connectivity index is 1.37. The summed E-state index contributed by atoms with van der Waals surface area (Å²) in [5, 5.41) is 10.3. The fraction of sp³-hybridized carbons (Fsp3) is 0.765. The number of carbonyl (C=O) groups excluding carboxylic acids is 1. The van der Waals surface area contributed by atoms with Crippen molar-refractivity contribution in [3.05, 3.63) is 17.5 Å². The molecule has 1 aromatic rings. The van der Waals surface area contributed by atoms with Crippen LogP contribution < -0.4 is 10.6 Å². The summed E-state index contributed by atoms with van der Waals surface area (Å²) in [5.41, 5.74) is 2.00. The molecule has 0 radical (unpaired) electrons. The molecule has 1 aliphatic heterocycles. The minimum absolute atomic E-state index is 0.0726. The second-order valence-corrected chi connectivity index (χ2v) is 7.12. The molecule has 2 amide bonds. The number of rotatable bonds is 5. The number of hydrogen-bond acceptors (Lipinski definition) is 3. The monoisotopic (exact) mass is 319 g/mol. The lowest BCUT2D eigenvalue weighted by Gasteiger charge is -2.20.